The van der Waals surface area contributed by atoms with Gasteiger partial charge in [0.2, 0.25) is 0 Å². The smallest absolute Gasteiger partial charge is 1.00 e. The summed E-state index contributed by atoms with van der Waals surface area (Å²) in [4.78, 5) is 0. The standard InChI is InChI=1S/C3H7.BrH.Po.2H/c1-3-2;;;;/h3H,1-2H3;1H;;;/q;;+1;;/p-1. The molecule has 0 N–H and O–H groups in total. The Morgan fingerprint density at radius 2 is 1.40 bits per heavy atom. The summed E-state index contributed by atoms with van der Waals surface area (Å²) >= 11 is 1.35. The molecule has 0 nitrogen and oxygen atoms in total. The number of rotatable bonds is 0. The molecule has 0 fully saturated rings. The van der Waals surface area contributed by atoms with Crippen LogP contribution in [0.2, 0.25) is 3.58 Å². The van der Waals surface area contributed by atoms with Gasteiger partial charge in [-0.05, 0) is 0 Å². The largest absolute Gasteiger partial charge is 1.00 e. The molecule has 0 amide bonds. The van der Waals surface area contributed by atoms with Crippen molar-refractivity contribution < 1.29 is 17.0 Å². The summed E-state index contributed by atoms with van der Waals surface area (Å²) < 4.78 is 0.972. The van der Waals surface area contributed by atoms with Crippen molar-refractivity contribution in [3.05, 3.63) is 0 Å². The van der Waals surface area contributed by atoms with Gasteiger partial charge in [-0.3, -0.25) is 0 Å². The topological polar surface area (TPSA) is 0 Å². The van der Waals surface area contributed by atoms with E-state index >= 15 is 0 Å². The monoisotopic (exact) mass is 333 g/mol. The van der Waals surface area contributed by atoms with Crippen molar-refractivity contribution in [2.45, 2.75) is 17.4 Å². The Labute approximate surface area is 59.2 Å². The van der Waals surface area contributed by atoms with E-state index in [1.165, 1.54) is 25.1 Å². The Bertz CT molecular complexity index is 11.6. The molecule has 34 valence electrons. The van der Waals surface area contributed by atoms with Gasteiger partial charge in [0.05, 0.1) is 0 Å². The fourth-order valence-electron chi connectivity index (χ4n) is 0. The molecule has 0 aliphatic carbocycles. The van der Waals surface area contributed by atoms with Crippen LogP contribution in [-0.2, 0) is 0 Å². The van der Waals surface area contributed by atoms with E-state index in [1.807, 2.05) is 0 Å². The van der Waals surface area contributed by atoms with Gasteiger partial charge in [0.25, 0.3) is 0 Å². The second kappa shape index (κ2) is 5.38. The molecule has 0 aliphatic heterocycles. The molecule has 2 heteroatoms. The Kier molecular flexibility index (Phi) is 10.3. The van der Waals surface area contributed by atoms with Crippen LogP contribution in [0.1, 0.15) is 13.8 Å². The molecule has 0 aromatic carbocycles. The third-order valence-electron chi connectivity index (χ3n) is 0. The second-order valence-corrected chi connectivity index (χ2v) is 5.64. The molecular weight excluding hydrogens is 325 g/mol. The SMILES string of the molecule is C[CH](C)[PoH2+].[Br-]. The molecule has 0 radical (unpaired) electrons. The molecule has 0 rings (SSSR count). The van der Waals surface area contributed by atoms with Crippen LogP contribution in [0.5, 0.6) is 0 Å². The van der Waals surface area contributed by atoms with Gasteiger partial charge in [0.15, 0.2) is 0 Å². The molecule has 0 aliphatic rings. The maximum absolute atomic E-state index is 2.23. The molecule has 5 heavy (non-hydrogen) atoms. The number of halogens is 1. The van der Waals surface area contributed by atoms with Crippen molar-refractivity contribution in [1.29, 1.82) is 0 Å². The van der Waals surface area contributed by atoms with Gasteiger partial charge in [-0.2, -0.15) is 0 Å². The zero-order valence-electron chi connectivity index (χ0n) is 3.46. The summed E-state index contributed by atoms with van der Waals surface area (Å²) in [5.41, 5.74) is 0. The maximum Gasteiger partial charge on any atom is -1.00 e. The van der Waals surface area contributed by atoms with Gasteiger partial charge in [0.1, 0.15) is 0 Å². The van der Waals surface area contributed by atoms with Crippen molar-refractivity contribution in [3.8, 4) is 0 Å². The van der Waals surface area contributed by atoms with Gasteiger partial charge in [-0.15, -0.1) is 0 Å². The third kappa shape index (κ3) is 32.4. The molecule has 0 saturated heterocycles. The molecule has 0 aromatic heterocycles. The second-order valence-electron chi connectivity index (χ2n) is 1.15. The molecule has 0 bridgehead atoms. The fraction of sp³-hybridized carbons (Fsp3) is 1.00. The van der Waals surface area contributed by atoms with Crippen LogP contribution in [0.3, 0.4) is 0 Å². The Balaban J connectivity index is 0. The normalized spacial score (nSPS) is 7.20. The van der Waals surface area contributed by atoms with E-state index < -0.39 is 0 Å². The Morgan fingerprint density at radius 1 is 1.40 bits per heavy atom. The number of hydrogen-bond acceptors (Lipinski definition) is 0. The minimum absolute atomic E-state index is 0. The van der Waals surface area contributed by atoms with E-state index in [9.17, 15) is 0 Å². The molecule has 0 heterocycles. The first kappa shape index (κ1) is 9.62. The molecule has 0 aromatic rings. The predicted octanol–water partition coefficient (Wildman–Crippen LogP) is -2.55. The van der Waals surface area contributed by atoms with Gasteiger partial charge >= 0.3 is 42.5 Å². The van der Waals surface area contributed by atoms with E-state index in [0.29, 0.717) is 0 Å². The maximum atomic E-state index is 2.23. The average Bonchev–Trinajstić information content (AvgIpc) is 0.811. The zero-order valence-corrected chi connectivity index (χ0v) is 8.93. The van der Waals surface area contributed by atoms with Gasteiger partial charge < -0.3 is 17.0 Å². The average molecular weight is 334 g/mol. The fourth-order valence-corrected chi connectivity index (χ4v) is 0. The third-order valence-corrected chi connectivity index (χ3v) is 0. The van der Waals surface area contributed by atoms with Gasteiger partial charge in [-0.25, -0.2) is 0 Å². The minimum Gasteiger partial charge on any atom is -1.00 e. The van der Waals surface area contributed by atoms with Crippen molar-refractivity contribution >= 4 is 25.1 Å². The molecule has 0 atom stereocenters. The van der Waals surface area contributed by atoms with E-state index in [1.54, 1.807) is 0 Å². The van der Waals surface area contributed by atoms with Gasteiger partial charge in [0, 0.05) is 0 Å². The van der Waals surface area contributed by atoms with Crippen LogP contribution in [-0.4, -0.2) is 25.1 Å². The van der Waals surface area contributed by atoms with Crippen molar-refractivity contribution in [1.82, 2.24) is 0 Å². The van der Waals surface area contributed by atoms with E-state index in [0.717, 1.165) is 3.58 Å². The summed E-state index contributed by atoms with van der Waals surface area (Å²) in [6.45, 7) is 4.46. The molecular formula is C3H9BrPo. The van der Waals surface area contributed by atoms with Crippen LogP contribution in [0.15, 0.2) is 0 Å². The van der Waals surface area contributed by atoms with E-state index in [-0.39, 0.29) is 17.0 Å². The predicted molar refractivity (Wildman–Crippen MR) is 23.6 cm³/mol. The van der Waals surface area contributed by atoms with Crippen LogP contribution >= 0.6 is 0 Å². The van der Waals surface area contributed by atoms with Crippen molar-refractivity contribution in [2.75, 3.05) is 0 Å². The molecule has 0 unspecified atom stereocenters. The van der Waals surface area contributed by atoms with E-state index in [4.69, 9.17) is 0 Å². The summed E-state index contributed by atoms with van der Waals surface area (Å²) in [5.74, 6) is 0. The summed E-state index contributed by atoms with van der Waals surface area (Å²) in [5, 5.41) is 0. The van der Waals surface area contributed by atoms with Crippen LogP contribution in [0.25, 0.3) is 0 Å². The summed E-state index contributed by atoms with van der Waals surface area (Å²) in [7, 11) is 0. The van der Waals surface area contributed by atoms with Crippen LogP contribution in [0.4, 0.5) is 0 Å². The van der Waals surface area contributed by atoms with Crippen LogP contribution in [0, 0.1) is 0 Å². The van der Waals surface area contributed by atoms with Crippen LogP contribution < -0.4 is 17.0 Å². The minimum atomic E-state index is 0. The Morgan fingerprint density at radius 3 is 1.40 bits per heavy atom. The van der Waals surface area contributed by atoms with Crippen molar-refractivity contribution in [3.63, 3.8) is 0 Å². The zero-order chi connectivity index (χ0) is 3.58. The summed E-state index contributed by atoms with van der Waals surface area (Å²) in [6.07, 6.45) is 0. The quantitative estimate of drug-likeness (QED) is 0.458. The summed E-state index contributed by atoms with van der Waals surface area (Å²) in [6, 6.07) is 0. The first-order valence-electron chi connectivity index (χ1n) is 1.44. The number of hydrogen-bond donors (Lipinski definition) is 0. The van der Waals surface area contributed by atoms with Gasteiger partial charge in [-0.1, -0.05) is 0 Å². The molecule has 0 saturated carbocycles. The first-order valence-corrected chi connectivity index (χ1v) is 3.69. The van der Waals surface area contributed by atoms with E-state index in [2.05, 4.69) is 13.8 Å². The molecule has 0 spiro atoms. The Hall–Kier alpha value is 1.38. The van der Waals surface area contributed by atoms with Crippen molar-refractivity contribution in [2.24, 2.45) is 0 Å². The first-order chi connectivity index (χ1) is 1.73.